The van der Waals surface area contributed by atoms with Gasteiger partial charge in [-0.3, -0.25) is 4.79 Å². The molecule has 0 fully saturated rings. The van der Waals surface area contributed by atoms with Crippen molar-refractivity contribution in [1.82, 2.24) is 9.97 Å². The summed E-state index contributed by atoms with van der Waals surface area (Å²) in [6.45, 7) is 13.1. The minimum atomic E-state index is -0.371. The summed E-state index contributed by atoms with van der Waals surface area (Å²) in [5.41, 5.74) is 5.18. The Kier molecular flexibility index (Phi) is 5.52. The second-order valence-corrected chi connectivity index (χ2v) is 6.40. The maximum atomic E-state index is 11.3. The standard InChI is InChI=1S/C15H27N5O/c1-7-17-12-8-13(19-14(18-12)15(4,5)6)20(10(2)3)9-11(16)21/h8,10H,7,9H2,1-6H3,(H2,16,21)(H,17,18,19). The number of nitrogens with one attached hydrogen (secondary N) is 1. The SMILES string of the molecule is CCNc1cc(N(CC(N)=O)C(C)C)nc(C(C)(C)C)n1. The minimum Gasteiger partial charge on any atom is -0.370 e. The van der Waals surface area contributed by atoms with Crippen LogP contribution < -0.4 is 16.0 Å². The van der Waals surface area contributed by atoms with E-state index in [2.05, 4.69) is 36.1 Å². The van der Waals surface area contributed by atoms with Crippen molar-refractivity contribution in [2.75, 3.05) is 23.3 Å². The Morgan fingerprint density at radius 2 is 2.00 bits per heavy atom. The summed E-state index contributed by atoms with van der Waals surface area (Å²) in [5, 5.41) is 3.21. The number of rotatable bonds is 6. The molecule has 6 nitrogen and oxygen atoms in total. The summed E-state index contributed by atoms with van der Waals surface area (Å²) in [5.74, 6) is 1.86. The molecule has 21 heavy (non-hydrogen) atoms. The fourth-order valence-corrected chi connectivity index (χ4v) is 1.88. The molecule has 0 aliphatic rings. The number of carbonyl (C=O) groups is 1. The van der Waals surface area contributed by atoms with E-state index in [1.165, 1.54) is 0 Å². The van der Waals surface area contributed by atoms with Gasteiger partial charge in [0.15, 0.2) is 0 Å². The predicted molar refractivity (Wildman–Crippen MR) is 86.6 cm³/mol. The third kappa shape index (κ3) is 4.88. The number of primary amides is 1. The highest BCUT2D eigenvalue weighted by molar-refractivity contribution is 5.79. The van der Waals surface area contributed by atoms with Gasteiger partial charge in [-0.15, -0.1) is 0 Å². The van der Waals surface area contributed by atoms with Gasteiger partial charge in [-0.1, -0.05) is 20.8 Å². The number of nitrogens with two attached hydrogens (primary N) is 1. The molecule has 3 N–H and O–H groups in total. The largest absolute Gasteiger partial charge is 0.370 e. The molecule has 0 aromatic carbocycles. The Bertz CT molecular complexity index is 493. The molecule has 0 bridgehead atoms. The second kappa shape index (κ2) is 6.74. The van der Waals surface area contributed by atoms with Crippen LogP contribution in [-0.4, -0.2) is 35.0 Å². The quantitative estimate of drug-likeness (QED) is 0.837. The second-order valence-electron chi connectivity index (χ2n) is 6.40. The van der Waals surface area contributed by atoms with Crippen molar-refractivity contribution in [3.63, 3.8) is 0 Å². The summed E-state index contributed by atoms with van der Waals surface area (Å²) >= 11 is 0. The van der Waals surface area contributed by atoms with Crippen molar-refractivity contribution in [1.29, 1.82) is 0 Å². The van der Waals surface area contributed by atoms with Crippen LogP contribution in [0, 0.1) is 0 Å². The first-order valence-electron chi connectivity index (χ1n) is 7.33. The predicted octanol–water partition coefficient (Wildman–Crippen LogP) is 1.91. The van der Waals surface area contributed by atoms with Gasteiger partial charge >= 0.3 is 0 Å². The normalized spacial score (nSPS) is 11.6. The molecule has 6 heteroatoms. The third-order valence-electron chi connectivity index (χ3n) is 2.99. The average molecular weight is 293 g/mol. The van der Waals surface area contributed by atoms with Crippen LogP contribution in [0.1, 0.15) is 47.4 Å². The maximum Gasteiger partial charge on any atom is 0.237 e. The summed E-state index contributed by atoms with van der Waals surface area (Å²) in [6, 6.07) is 1.98. The van der Waals surface area contributed by atoms with E-state index in [1.54, 1.807) is 0 Å². The Labute approximate surface area is 127 Å². The molecular formula is C15H27N5O. The van der Waals surface area contributed by atoms with E-state index in [9.17, 15) is 4.79 Å². The highest BCUT2D eigenvalue weighted by Gasteiger charge is 2.22. The van der Waals surface area contributed by atoms with Gasteiger partial charge in [0.2, 0.25) is 5.91 Å². The molecule has 0 spiro atoms. The van der Waals surface area contributed by atoms with E-state index in [4.69, 9.17) is 5.73 Å². The molecule has 0 unspecified atom stereocenters. The van der Waals surface area contributed by atoms with E-state index in [0.717, 1.165) is 24.0 Å². The first-order valence-corrected chi connectivity index (χ1v) is 7.33. The molecule has 1 rings (SSSR count). The molecule has 118 valence electrons. The third-order valence-corrected chi connectivity index (χ3v) is 2.99. The highest BCUT2D eigenvalue weighted by Crippen LogP contribution is 2.25. The van der Waals surface area contributed by atoms with Gasteiger partial charge in [-0.05, 0) is 20.8 Å². The number of amides is 1. The van der Waals surface area contributed by atoms with Gasteiger partial charge < -0.3 is 16.0 Å². The highest BCUT2D eigenvalue weighted by atomic mass is 16.1. The number of hydrogen-bond donors (Lipinski definition) is 2. The Hall–Kier alpha value is -1.85. The lowest BCUT2D eigenvalue weighted by Gasteiger charge is -2.28. The summed E-state index contributed by atoms with van der Waals surface area (Å²) in [4.78, 5) is 22.4. The molecule has 0 saturated heterocycles. The monoisotopic (exact) mass is 293 g/mol. The van der Waals surface area contributed by atoms with Gasteiger partial charge in [0.05, 0.1) is 6.54 Å². The van der Waals surface area contributed by atoms with E-state index >= 15 is 0 Å². The maximum absolute atomic E-state index is 11.3. The molecule has 1 heterocycles. The van der Waals surface area contributed by atoms with Gasteiger partial charge in [-0.2, -0.15) is 0 Å². The molecule has 1 amide bonds. The van der Waals surface area contributed by atoms with E-state index in [0.29, 0.717) is 0 Å². The smallest absolute Gasteiger partial charge is 0.237 e. The summed E-state index contributed by atoms with van der Waals surface area (Å²) in [7, 11) is 0. The zero-order valence-electron chi connectivity index (χ0n) is 13.9. The first kappa shape index (κ1) is 17.2. The van der Waals surface area contributed by atoms with Gasteiger partial charge in [-0.25, -0.2) is 9.97 Å². The molecule has 0 radical (unpaired) electrons. The lowest BCUT2D eigenvalue weighted by Crippen LogP contribution is -2.39. The number of aromatic nitrogens is 2. The summed E-state index contributed by atoms with van der Waals surface area (Å²) < 4.78 is 0. The summed E-state index contributed by atoms with van der Waals surface area (Å²) in [6.07, 6.45) is 0. The van der Waals surface area contributed by atoms with Crippen molar-refractivity contribution in [2.45, 2.75) is 53.0 Å². The lowest BCUT2D eigenvalue weighted by atomic mass is 9.95. The zero-order chi connectivity index (χ0) is 16.2. The fourth-order valence-electron chi connectivity index (χ4n) is 1.88. The van der Waals surface area contributed by atoms with Crippen LogP contribution in [0.4, 0.5) is 11.6 Å². The van der Waals surface area contributed by atoms with Crippen LogP contribution in [-0.2, 0) is 10.2 Å². The van der Waals surface area contributed by atoms with Gasteiger partial charge in [0.1, 0.15) is 17.5 Å². The molecule has 1 aromatic rings. The minimum absolute atomic E-state index is 0.120. The first-order chi connectivity index (χ1) is 9.65. The number of hydrogen-bond acceptors (Lipinski definition) is 5. The van der Waals surface area contributed by atoms with Crippen molar-refractivity contribution >= 4 is 17.5 Å². The van der Waals surface area contributed by atoms with Crippen LogP contribution in [0.25, 0.3) is 0 Å². The number of carbonyl (C=O) groups excluding carboxylic acids is 1. The number of nitrogens with zero attached hydrogens (tertiary/aromatic N) is 3. The molecule has 0 atom stereocenters. The van der Waals surface area contributed by atoms with Crippen LogP contribution >= 0.6 is 0 Å². The van der Waals surface area contributed by atoms with Gasteiger partial charge in [0, 0.05) is 24.1 Å². The average Bonchev–Trinajstić information content (AvgIpc) is 2.34. The van der Waals surface area contributed by atoms with E-state index in [-0.39, 0.29) is 23.9 Å². The van der Waals surface area contributed by atoms with Crippen LogP contribution in [0.5, 0.6) is 0 Å². The topological polar surface area (TPSA) is 84.1 Å². The van der Waals surface area contributed by atoms with E-state index in [1.807, 2.05) is 31.7 Å². The number of anilines is 2. The Morgan fingerprint density at radius 1 is 1.38 bits per heavy atom. The molecule has 0 aliphatic heterocycles. The van der Waals surface area contributed by atoms with Crippen molar-refractivity contribution < 1.29 is 4.79 Å². The van der Waals surface area contributed by atoms with Crippen LogP contribution in [0.15, 0.2) is 6.07 Å². The molecular weight excluding hydrogens is 266 g/mol. The molecule has 1 aromatic heterocycles. The molecule has 0 saturated carbocycles. The Balaban J connectivity index is 3.31. The van der Waals surface area contributed by atoms with Crippen molar-refractivity contribution in [3.8, 4) is 0 Å². The Morgan fingerprint density at radius 3 is 2.43 bits per heavy atom. The molecule has 0 aliphatic carbocycles. The fraction of sp³-hybridized carbons (Fsp3) is 0.667. The van der Waals surface area contributed by atoms with Crippen molar-refractivity contribution in [2.24, 2.45) is 5.73 Å². The van der Waals surface area contributed by atoms with Crippen LogP contribution in [0.2, 0.25) is 0 Å². The lowest BCUT2D eigenvalue weighted by molar-refractivity contribution is -0.116. The van der Waals surface area contributed by atoms with Crippen LogP contribution in [0.3, 0.4) is 0 Å². The van der Waals surface area contributed by atoms with E-state index < -0.39 is 0 Å². The van der Waals surface area contributed by atoms with Gasteiger partial charge in [0.25, 0.3) is 0 Å². The zero-order valence-corrected chi connectivity index (χ0v) is 13.9. The van der Waals surface area contributed by atoms with Crippen molar-refractivity contribution in [3.05, 3.63) is 11.9 Å².